The maximum Gasteiger partial charge on any atom is 0.327 e. The molecule has 0 radical (unpaired) electrons. The van der Waals surface area contributed by atoms with Crippen LogP contribution in [-0.4, -0.2) is 34.6 Å². The van der Waals surface area contributed by atoms with Gasteiger partial charge in [-0.1, -0.05) is 41.5 Å². The van der Waals surface area contributed by atoms with Crippen molar-refractivity contribution in [2.75, 3.05) is 5.75 Å². The van der Waals surface area contributed by atoms with Gasteiger partial charge in [0.25, 0.3) is 0 Å². The number of carbonyl (C=O) groups excluding carboxylic acids is 2. The van der Waals surface area contributed by atoms with E-state index in [2.05, 4.69) is 17.9 Å². The van der Waals surface area contributed by atoms with Gasteiger partial charge in [0, 0.05) is 24.5 Å². The van der Waals surface area contributed by atoms with E-state index in [4.69, 9.17) is 5.11 Å². The van der Waals surface area contributed by atoms with Crippen molar-refractivity contribution in [2.24, 2.45) is 16.7 Å². The first kappa shape index (κ1) is 22.0. The number of carboxylic acid groups (broad SMARTS) is 1. The van der Waals surface area contributed by atoms with E-state index < -0.39 is 12.0 Å². The molecule has 134 valence electrons. The molecule has 0 spiro atoms. The Balaban J connectivity index is 4.71. The van der Waals surface area contributed by atoms with E-state index >= 15 is 0 Å². The predicted molar refractivity (Wildman–Crippen MR) is 94.7 cm³/mol. The zero-order chi connectivity index (χ0) is 18.4. The monoisotopic (exact) mass is 345 g/mol. The SMILES string of the molecule is CC(C)C(=O)CC(C)(C)CC(C)(C)CC(=O)NC(CS)C(=O)O. The molecule has 0 saturated carbocycles. The van der Waals surface area contributed by atoms with Gasteiger partial charge in [-0.25, -0.2) is 4.79 Å². The van der Waals surface area contributed by atoms with E-state index in [0.717, 1.165) is 0 Å². The molecule has 0 aromatic heterocycles. The van der Waals surface area contributed by atoms with Crippen LogP contribution in [0.15, 0.2) is 0 Å². The van der Waals surface area contributed by atoms with E-state index in [9.17, 15) is 14.4 Å². The zero-order valence-corrected chi connectivity index (χ0v) is 16.0. The van der Waals surface area contributed by atoms with E-state index in [0.29, 0.717) is 12.8 Å². The summed E-state index contributed by atoms with van der Waals surface area (Å²) < 4.78 is 0. The van der Waals surface area contributed by atoms with Gasteiger partial charge in [-0.3, -0.25) is 9.59 Å². The molecule has 1 unspecified atom stereocenters. The number of aliphatic carboxylic acids is 1. The van der Waals surface area contributed by atoms with Gasteiger partial charge in [0.05, 0.1) is 0 Å². The van der Waals surface area contributed by atoms with Gasteiger partial charge >= 0.3 is 5.97 Å². The Morgan fingerprint density at radius 2 is 1.52 bits per heavy atom. The first-order valence-corrected chi connectivity index (χ1v) is 8.58. The largest absolute Gasteiger partial charge is 0.480 e. The average molecular weight is 346 g/mol. The lowest BCUT2D eigenvalue weighted by atomic mass is 9.70. The third-order valence-electron chi connectivity index (χ3n) is 3.71. The van der Waals surface area contributed by atoms with Crippen molar-refractivity contribution in [2.45, 2.75) is 66.8 Å². The minimum Gasteiger partial charge on any atom is -0.480 e. The van der Waals surface area contributed by atoms with Gasteiger partial charge in [0.15, 0.2) is 0 Å². The molecule has 1 atom stereocenters. The van der Waals surface area contributed by atoms with Gasteiger partial charge in [0.2, 0.25) is 5.91 Å². The molecule has 0 rings (SSSR count). The number of nitrogens with one attached hydrogen (secondary N) is 1. The van der Waals surface area contributed by atoms with Crippen LogP contribution in [0.3, 0.4) is 0 Å². The van der Waals surface area contributed by atoms with E-state index in [1.54, 1.807) is 0 Å². The Morgan fingerprint density at radius 3 is 1.91 bits per heavy atom. The molecule has 0 fully saturated rings. The molecule has 1 amide bonds. The van der Waals surface area contributed by atoms with Crippen molar-refractivity contribution >= 4 is 30.3 Å². The summed E-state index contributed by atoms with van der Waals surface area (Å²) in [6.45, 7) is 11.8. The molecule has 5 nitrogen and oxygen atoms in total. The van der Waals surface area contributed by atoms with Gasteiger partial charge in [-0.05, 0) is 17.3 Å². The highest BCUT2D eigenvalue weighted by Crippen LogP contribution is 2.39. The summed E-state index contributed by atoms with van der Waals surface area (Å²) in [4.78, 5) is 35.0. The van der Waals surface area contributed by atoms with Gasteiger partial charge in [-0.2, -0.15) is 12.6 Å². The lowest BCUT2D eigenvalue weighted by molar-refractivity contribution is -0.141. The van der Waals surface area contributed by atoms with E-state index in [1.807, 2.05) is 41.5 Å². The number of hydrogen-bond acceptors (Lipinski definition) is 4. The fourth-order valence-corrected chi connectivity index (χ4v) is 3.21. The highest BCUT2D eigenvalue weighted by atomic mass is 32.1. The summed E-state index contributed by atoms with van der Waals surface area (Å²) in [7, 11) is 0. The van der Waals surface area contributed by atoms with Crippen LogP contribution in [0.25, 0.3) is 0 Å². The Bertz CT molecular complexity index is 444. The number of carboxylic acids is 1. The maximum atomic E-state index is 12.1. The second-order valence-electron chi connectivity index (χ2n) is 8.12. The molecule has 0 saturated heterocycles. The second-order valence-corrected chi connectivity index (χ2v) is 8.49. The van der Waals surface area contributed by atoms with Crippen LogP contribution in [-0.2, 0) is 14.4 Å². The van der Waals surface area contributed by atoms with Gasteiger partial charge < -0.3 is 10.4 Å². The molecule has 0 bridgehead atoms. The third-order valence-corrected chi connectivity index (χ3v) is 4.07. The number of carbonyl (C=O) groups is 3. The molecule has 2 N–H and O–H groups in total. The lowest BCUT2D eigenvalue weighted by Gasteiger charge is -2.35. The standard InChI is InChI=1S/C17H31NO4S/c1-11(2)13(19)7-16(3,4)10-17(5,6)8-14(20)18-12(9-23)15(21)22/h11-12,23H,7-10H2,1-6H3,(H,18,20)(H,21,22). The topological polar surface area (TPSA) is 83.5 Å². The summed E-state index contributed by atoms with van der Waals surface area (Å²) in [5, 5.41) is 11.4. The van der Waals surface area contributed by atoms with Crippen LogP contribution in [0.2, 0.25) is 0 Å². The number of rotatable bonds is 10. The molecule has 0 aliphatic heterocycles. The number of amides is 1. The summed E-state index contributed by atoms with van der Waals surface area (Å²) in [5.74, 6) is -1.12. The minimum absolute atomic E-state index is 0.00685. The van der Waals surface area contributed by atoms with E-state index in [-0.39, 0.29) is 40.6 Å². The zero-order valence-electron chi connectivity index (χ0n) is 15.1. The number of ketones is 1. The third kappa shape index (κ3) is 8.98. The first-order valence-electron chi connectivity index (χ1n) is 7.95. The van der Waals surface area contributed by atoms with Crippen molar-refractivity contribution in [1.82, 2.24) is 5.32 Å². The summed E-state index contributed by atoms with van der Waals surface area (Å²) >= 11 is 3.93. The van der Waals surface area contributed by atoms with Crippen LogP contribution < -0.4 is 5.32 Å². The maximum absolute atomic E-state index is 12.1. The van der Waals surface area contributed by atoms with Crippen LogP contribution >= 0.6 is 12.6 Å². The minimum atomic E-state index is -1.09. The average Bonchev–Trinajstić information content (AvgIpc) is 2.32. The van der Waals surface area contributed by atoms with Crippen LogP contribution in [0.5, 0.6) is 0 Å². The second kappa shape index (κ2) is 8.71. The molecule has 0 aliphatic rings. The van der Waals surface area contributed by atoms with Crippen LogP contribution in [0, 0.1) is 16.7 Å². The Morgan fingerprint density at radius 1 is 1.04 bits per heavy atom. The van der Waals surface area contributed by atoms with Crippen molar-refractivity contribution in [3.8, 4) is 0 Å². The molecular formula is C17H31NO4S. The fourth-order valence-electron chi connectivity index (χ4n) is 2.96. The first-order chi connectivity index (χ1) is 10.3. The van der Waals surface area contributed by atoms with Crippen molar-refractivity contribution in [3.05, 3.63) is 0 Å². The summed E-state index contributed by atoms with van der Waals surface area (Å²) in [6.07, 6.45) is 1.39. The molecule has 6 heteroatoms. The van der Waals surface area contributed by atoms with Crippen molar-refractivity contribution in [3.63, 3.8) is 0 Å². The van der Waals surface area contributed by atoms with E-state index in [1.165, 1.54) is 0 Å². The number of Topliss-reactive ketones (excluding diaryl/α,β-unsaturated/α-hetero) is 1. The Hall–Kier alpha value is -1.04. The highest BCUT2D eigenvalue weighted by Gasteiger charge is 2.33. The predicted octanol–water partition coefficient (Wildman–Crippen LogP) is 2.93. The molecule has 0 aromatic carbocycles. The fraction of sp³-hybridized carbons (Fsp3) is 0.824. The van der Waals surface area contributed by atoms with Crippen LogP contribution in [0.4, 0.5) is 0 Å². The summed E-state index contributed by atoms with van der Waals surface area (Å²) in [6, 6.07) is -0.975. The Kier molecular flexibility index (Phi) is 8.32. The van der Waals surface area contributed by atoms with Gasteiger partial charge in [-0.15, -0.1) is 0 Å². The van der Waals surface area contributed by atoms with Crippen molar-refractivity contribution in [1.29, 1.82) is 0 Å². The molecule has 0 heterocycles. The number of thiol groups is 1. The molecular weight excluding hydrogens is 314 g/mol. The number of hydrogen-bond donors (Lipinski definition) is 3. The van der Waals surface area contributed by atoms with Gasteiger partial charge in [0.1, 0.15) is 11.8 Å². The normalized spacial score (nSPS) is 13.7. The lowest BCUT2D eigenvalue weighted by Crippen LogP contribution is -2.43. The highest BCUT2D eigenvalue weighted by molar-refractivity contribution is 7.80. The van der Waals surface area contributed by atoms with Crippen molar-refractivity contribution < 1.29 is 19.5 Å². The van der Waals surface area contributed by atoms with Crippen LogP contribution in [0.1, 0.15) is 60.8 Å². The Labute approximate surface area is 145 Å². The molecule has 0 aliphatic carbocycles. The molecule has 0 aromatic rings. The summed E-state index contributed by atoms with van der Waals surface area (Å²) in [5.41, 5.74) is -0.536. The quantitative estimate of drug-likeness (QED) is 0.532. The smallest absolute Gasteiger partial charge is 0.327 e. The molecule has 23 heavy (non-hydrogen) atoms.